The van der Waals surface area contributed by atoms with Gasteiger partial charge in [-0.05, 0) is 57.0 Å². The fourth-order valence-corrected chi connectivity index (χ4v) is 4.00. The average molecular weight is 453 g/mol. The molecule has 0 bridgehead atoms. The number of fused-ring (bicyclic) bond motifs is 1. The van der Waals surface area contributed by atoms with Crippen LogP contribution in [0.15, 0.2) is 54.3 Å². The number of hydrogen-bond donors (Lipinski definition) is 5. The molecule has 1 aliphatic carbocycles. The Bertz CT molecular complexity index is 1150. The number of nitrogens with zero attached hydrogens (tertiary/aromatic N) is 3. The lowest BCUT2D eigenvalue weighted by Crippen LogP contribution is -2.49. The molecule has 168 valence electrons. The highest BCUT2D eigenvalue weighted by Crippen LogP contribution is 2.28. The molecule has 5 N–H and O–H groups in total. The van der Waals surface area contributed by atoms with E-state index < -0.39 is 11.8 Å². The number of hydrogen-bond acceptors (Lipinski definition) is 9. The average Bonchev–Trinajstić information content (AvgIpc) is 3.15. The first-order chi connectivity index (χ1) is 15.3. The number of anilines is 3. The second-order valence-corrected chi connectivity index (χ2v) is 9.43. The van der Waals surface area contributed by atoms with Crippen molar-refractivity contribution in [2.75, 3.05) is 10.6 Å². The van der Waals surface area contributed by atoms with E-state index in [4.69, 9.17) is 4.98 Å². The van der Waals surface area contributed by atoms with Gasteiger partial charge in [0, 0.05) is 18.8 Å². The first-order valence-corrected chi connectivity index (χ1v) is 11.3. The van der Waals surface area contributed by atoms with Crippen molar-refractivity contribution >= 4 is 38.5 Å². The Labute approximate surface area is 191 Å². The van der Waals surface area contributed by atoms with Crippen LogP contribution in [0.3, 0.4) is 0 Å². The van der Waals surface area contributed by atoms with Crippen LogP contribution in [0.4, 0.5) is 16.8 Å². The zero-order valence-electron chi connectivity index (χ0n) is 18.3. The molecule has 3 heterocycles. The van der Waals surface area contributed by atoms with Crippen molar-refractivity contribution in [1.29, 1.82) is 0 Å². The largest absolute Gasteiger partial charge is 0.367 e. The fourth-order valence-electron chi connectivity index (χ4n) is 3.16. The maximum absolute atomic E-state index is 9.44. The summed E-state index contributed by atoms with van der Waals surface area (Å²) in [4.78, 5) is 14.5. The number of allylic oxidation sites excluding steroid dienone is 2. The maximum atomic E-state index is 9.44. The molecule has 0 saturated heterocycles. The normalized spacial score (nSPS) is 16.4. The summed E-state index contributed by atoms with van der Waals surface area (Å²) in [6.45, 7) is 6.04. The summed E-state index contributed by atoms with van der Waals surface area (Å²) in [5, 5.41) is 29.4. The second-order valence-electron chi connectivity index (χ2n) is 8.46. The van der Waals surface area contributed by atoms with E-state index in [-0.39, 0.29) is 6.04 Å². The molecule has 1 atom stereocenters. The number of thiazole rings is 1. The van der Waals surface area contributed by atoms with Gasteiger partial charge >= 0.3 is 0 Å². The summed E-state index contributed by atoms with van der Waals surface area (Å²) in [6, 6.07) is 7.95. The van der Waals surface area contributed by atoms with Gasteiger partial charge in [0.1, 0.15) is 22.0 Å². The van der Waals surface area contributed by atoms with Crippen LogP contribution in [0.1, 0.15) is 32.8 Å². The Morgan fingerprint density at radius 3 is 2.78 bits per heavy atom. The number of aromatic nitrogens is 3. The van der Waals surface area contributed by atoms with Gasteiger partial charge in [-0.2, -0.15) is 0 Å². The van der Waals surface area contributed by atoms with E-state index in [0.717, 1.165) is 28.1 Å². The van der Waals surface area contributed by atoms with Crippen LogP contribution in [0, 0.1) is 0 Å². The van der Waals surface area contributed by atoms with Crippen LogP contribution in [0.5, 0.6) is 0 Å². The Morgan fingerprint density at radius 1 is 1.19 bits per heavy atom. The van der Waals surface area contributed by atoms with E-state index in [1.165, 1.54) is 16.9 Å². The predicted molar refractivity (Wildman–Crippen MR) is 129 cm³/mol. The van der Waals surface area contributed by atoms with E-state index in [9.17, 15) is 10.2 Å². The smallest absolute Gasteiger partial charge is 0.190 e. The number of rotatable bonds is 8. The minimum Gasteiger partial charge on any atom is -0.367 e. The third-order valence-electron chi connectivity index (χ3n) is 5.33. The van der Waals surface area contributed by atoms with E-state index in [1.54, 1.807) is 20.0 Å². The Balaban J connectivity index is 1.42. The van der Waals surface area contributed by atoms with E-state index in [1.807, 2.05) is 24.3 Å². The highest BCUT2D eigenvalue weighted by atomic mass is 32.1. The Hall–Kier alpha value is -2.85. The van der Waals surface area contributed by atoms with Crippen LogP contribution in [-0.2, 0) is 6.54 Å². The lowest BCUT2D eigenvalue weighted by molar-refractivity contribution is -0.0973. The first kappa shape index (κ1) is 22.3. The molecule has 8 nitrogen and oxygen atoms in total. The van der Waals surface area contributed by atoms with Crippen LogP contribution in [0.25, 0.3) is 10.3 Å². The standard InChI is InChI=1S/C23H28N6O2S/c1-14-4-6-16(7-5-14)26-18-9-8-17-20(28-18)32-22(27-17)29-19-12-15(10-11-24-19)13-25-23(2,3)21(30)31/h4-6,8-12,16,21,25,30-31H,7,13H2,1-3H3,(H,26,28)(H,24,27,29). The minimum atomic E-state index is -1.45. The van der Waals surface area contributed by atoms with Crippen LogP contribution >= 0.6 is 11.3 Å². The van der Waals surface area contributed by atoms with Gasteiger partial charge in [-0.25, -0.2) is 15.0 Å². The summed E-state index contributed by atoms with van der Waals surface area (Å²) < 4.78 is 0. The van der Waals surface area contributed by atoms with Crippen molar-refractivity contribution in [3.05, 3.63) is 59.8 Å². The molecule has 3 aromatic heterocycles. The van der Waals surface area contributed by atoms with Crippen molar-refractivity contribution in [3.63, 3.8) is 0 Å². The molecule has 0 radical (unpaired) electrons. The Kier molecular flexibility index (Phi) is 6.52. The molecule has 0 fully saturated rings. The van der Waals surface area contributed by atoms with Crippen LogP contribution < -0.4 is 16.0 Å². The zero-order valence-corrected chi connectivity index (χ0v) is 19.1. The molecular weight excluding hydrogens is 424 g/mol. The monoisotopic (exact) mass is 452 g/mol. The molecule has 0 spiro atoms. The molecule has 3 aromatic rings. The summed E-state index contributed by atoms with van der Waals surface area (Å²) in [7, 11) is 0. The SMILES string of the molecule is CC1=CCC(Nc2ccc3nc(Nc4cc(CNC(C)(C)C(O)O)ccn4)sc3n2)C=C1. The zero-order chi connectivity index (χ0) is 22.7. The van der Waals surface area contributed by atoms with Gasteiger partial charge in [0.15, 0.2) is 11.4 Å². The molecule has 1 aliphatic rings. The van der Waals surface area contributed by atoms with Gasteiger partial charge in [0.2, 0.25) is 0 Å². The molecule has 0 aliphatic heterocycles. The summed E-state index contributed by atoms with van der Waals surface area (Å²) in [6.07, 6.45) is 7.71. The Morgan fingerprint density at radius 2 is 2.03 bits per heavy atom. The molecule has 9 heteroatoms. The third kappa shape index (κ3) is 5.49. The third-order valence-corrected chi connectivity index (χ3v) is 6.21. The maximum Gasteiger partial charge on any atom is 0.190 e. The van der Waals surface area contributed by atoms with Gasteiger partial charge in [0.25, 0.3) is 0 Å². The molecule has 0 aromatic carbocycles. The number of aliphatic hydroxyl groups excluding tert-OH is 1. The summed E-state index contributed by atoms with van der Waals surface area (Å²) in [5.41, 5.74) is 2.26. The quantitative estimate of drug-likeness (QED) is 0.329. The van der Waals surface area contributed by atoms with Crippen molar-refractivity contribution in [3.8, 4) is 0 Å². The van der Waals surface area contributed by atoms with Crippen LogP contribution in [0.2, 0.25) is 0 Å². The molecule has 0 amide bonds. The van der Waals surface area contributed by atoms with Crippen molar-refractivity contribution in [2.24, 2.45) is 0 Å². The van der Waals surface area contributed by atoms with Gasteiger partial charge in [-0.3, -0.25) is 0 Å². The predicted octanol–water partition coefficient (Wildman–Crippen LogP) is 3.70. The topological polar surface area (TPSA) is 115 Å². The lowest BCUT2D eigenvalue weighted by Gasteiger charge is -2.28. The second kappa shape index (κ2) is 9.33. The van der Waals surface area contributed by atoms with Gasteiger partial charge < -0.3 is 26.2 Å². The van der Waals surface area contributed by atoms with Gasteiger partial charge in [0.05, 0.1) is 5.54 Å². The molecular formula is C23H28N6O2S. The van der Waals surface area contributed by atoms with Crippen molar-refractivity contribution < 1.29 is 10.2 Å². The van der Waals surface area contributed by atoms with E-state index >= 15 is 0 Å². The lowest BCUT2D eigenvalue weighted by atomic mass is 10.0. The number of aliphatic hydroxyl groups is 2. The molecule has 4 rings (SSSR count). The highest BCUT2D eigenvalue weighted by molar-refractivity contribution is 7.21. The summed E-state index contributed by atoms with van der Waals surface area (Å²) in [5.74, 6) is 1.49. The van der Waals surface area contributed by atoms with Crippen molar-refractivity contribution in [1.82, 2.24) is 20.3 Å². The van der Waals surface area contributed by atoms with E-state index in [2.05, 4.69) is 51.1 Å². The molecule has 32 heavy (non-hydrogen) atoms. The minimum absolute atomic E-state index is 0.242. The van der Waals surface area contributed by atoms with Gasteiger partial charge in [-0.15, -0.1) is 0 Å². The summed E-state index contributed by atoms with van der Waals surface area (Å²) >= 11 is 1.47. The highest BCUT2D eigenvalue weighted by Gasteiger charge is 2.24. The molecule has 1 unspecified atom stereocenters. The van der Waals surface area contributed by atoms with Crippen LogP contribution in [-0.4, -0.2) is 43.0 Å². The number of pyridine rings is 2. The first-order valence-electron chi connectivity index (χ1n) is 10.5. The fraction of sp³-hybridized carbons (Fsp3) is 0.348. The van der Waals surface area contributed by atoms with E-state index in [0.29, 0.717) is 17.5 Å². The van der Waals surface area contributed by atoms with Gasteiger partial charge in [-0.1, -0.05) is 35.1 Å². The molecule has 0 saturated carbocycles. The number of nitrogens with one attached hydrogen (secondary N) is 3. The van der Waals surface area contributed by atoms with Crippen molar-refractivity contribution in [2.45, 2.75) is 51.6 Å².